The van der Waals surface area contributed by atoms with Gasteiger partial charge < -0.3 is 19.5 Å². The number of halogens is 1. The highest BCUT2D eigenvalue weighted by atomic mass is 35.5. The molecule has 2 heterocycles. The van der Waals surface area contributed by atoms with Crippen LogP contribution in [0.25, 0.3) is 21.7 Å². The summed E-state index contributed by atoms with van der Waals surface area (Å²) in [5.41, 5.74) is 1.75. The molecule has 35 heavy (non-hydrogen) atoms. The van der Waals surface area contributed by atoms with E-state index in [1.807, 2.05) is 48.5 Å². The van der Waals surface area contributed by atoms with E-state index in [0.717, 1.165) is 21.7 Å². The highest BCUT2D eigenvalue weighted by Gasteiger charge is 2.12. The third-order valence-corrected chi connectivity index (χ3v) is 5.68. The number of benzene rings is 3. The molecule has 0 saturated carbocycles. The van der Waals surface area contributed by atoms with Crippen LogP contribution in [0.5, 0.6) is 23.0 Å². The number of carbonyl (C=O) groups is 1. The van der Waals surface area contributed by atoms with Gasteiger partial charge in [0.15, 0.2) is 11.5 Å². The van der Waals surface area contributed by atoms with Gasteiger partial charge in [-0.25, -0.2) is 0 Å². The zero-order valence-corrected chi connectivity index (χ0v) is 19.7. The molecule has 0 unspecified atom stereocenters. The lowest BCUT2D eigenvalue weighted by molar-refractivity contribution is 0.102. The molecule has 0 spiro atoms. The molecule has 0 aliphatic rings. The highest BCUT2D eigenvalue weighted by molar-refractivity contribution is 6.30. The summed E-state index contributed by atoms with van der Waals surface area (Å²) >= 11 is 5.95. The monoisotopic (exact) mass is 485 g/mol. The molecule has 5 rings (SSSR count). The Hall–Kier alpha value is -4.36. The number of hydrogen-bond acceptors (Lipinski definition) is 6. The summed E-state index contributed by atoms with van der Waals surface area (Å²) in [6.07, 6.45) is 4.63. The van der Waals surface area contributed by atoms with Gasteiger partial charge >= 0.3 is 0 Å². The van der Waals surface area contributed by atoms with Crippen molar-refractivity contribution in [2.24, 2.45) is 0 Å². The molecule has 0 aliphatic heterocycles. The van der Waals surface area contributed by atoms with E-state index < -0.39 is 0 Å². The molecule has 5 aromatic rings. The van der Waals surface area contributed by atoms with E-state index >= 15 is 0 Å². The van der Waals surface area contributed by atoms with Crippen LogP contribution in [-0.4, -0.2) is 30.1 Å². The Labute approximate surface area is 206 Å². The summed E-state index contributed by atoms with van der Waals surface area (Å²) in [6.45, 7) is 0. The Morgan fingerprint density at radius 3 is 2.46 bits per heavy atom. The number of anilines is 1. The largest absolute Gasteiger partial charge is 0.493 e. The second-order valence-electron chi connectivity index (χ2n) is 7.71. The lowest BCUT2D eigenvalue weighted by Gasteiger charge is -2.13. The van der Waals surface area contributed by atoms with Gasteiger partial charge in [-0.1, -0.05) is 23.7 Å². The number of aromatic nitrogens is 2. The number of amides is 1. The molecule has 0 bridgehead atoms. The van der Waals surface area contributed by atoms with E-state index in [1.165, 1.54) is 12.4 Å². The average Bonchev–Trinajstić information content (AvgIpc) is 2.88. The Morgan fingerprint density at radius 1 is 0.857 bits per heavy atom. The summed E-state index contributed by atoms with van der Waals surface area (Å²) in [6, 6.07) is 18.5. The fourth-order valence-corrected chi connectivity index (χ4v) is 3.94. The Kier molecular flexibility index (Phi) is 6.08. The van der Waals surface area contributed by atoms with Crippen LogP contribution in [0.2, 0.25) is 5.02 Å². The first-order valence-corrected chi connectivity index (χ1v) is 11.1. The van der Waals surface area contributed by atoms with E-state index in [9.17, 15) is 4.79 Å². The van der Waals surface area contributed by atoms with Crippen molar-refractivity contribution in [3.05, 3.63) is 89.8 Å². The maximum Gasteiger partial charge on any atom is 0.257 e. The molecule has 7 nitrogen and oxygen atoms in total. The van der Waals surface area contributed by atoms with Crippen LogP contribution in [-0.2, 0) is 0 Å². The first-order chi connectivity index (χ1) is 17.0. The predicted octanol–water partition coefficient (Wildman–Crippen LogP) is 6.50. The molecule has 0 radical (unpaired) electrons. The first-order valence-electron chi connectivity index (χ1n) is 10.7. The number of fused-ring (bicyclic) bond motifs is 2. The van der Waals surface area contributed by atoms with Crippen molar-refractivity contribution in [1.29, 1.82) is 0 Å². The maximum absolute atomic E-state index is 12.6. The van der Waals surface area contributed by atoms with Crippen molar-refractivity contribution in [2.45, 2.75) is 0 Å². The van der Waals surface area contributed by atoms with Crippen LogP contribution >= 0.6 is 11.6 Å². The highest BCUT2D eigenvalue weighted by Crippen LogP contribution is 2.37. The van der Waals surface area contributed by atoms with E-state index in [4.69, 9.17) is 25.8 Å². The van der Waals surface area contributed by atoms with Gasteiger partial charge in [0, 0.05) is 35.7 Å². The van der Waals surface area contributed by atoms with Gasteiger partial charge in [-0.2, -0.15) is 0 Å². The minimum absolute atomic E-state index is 0.292. The number of ether oxygens (including phenoxy) is 3. The van der Waals surface area contributed by atoms with Crippen molar-refractivity contribution >= 4 is 44.9 Å². The van der Waals surface area contributed by atoms with Crippen molar-refractivity contribution in [2.75, 3.05) is 19.5 Å². The standard InChI is InChI=1S/C27H20ClN3O4/c1-33-25-12-22-23(13-26(25)34-2)30-8-7-24(22)35-21-6-4-16-3-5-20(10-17(16)11-21)31-27(32)18-9-19(28)15-29-14-18/h3-15H,1-2H3,(H,31,32). The van der Waals surface area contributed by atoms with Crippen molar-refractivity contribution in [3.63, 3.8) is 0 Å². The summed E-state index contributed by atoms with van der Waals surface area (Å²) in [7, 11) is 3.17. The molecule has 8 heteroatoms. The molecule has 1 N–H and O–H groups in total. The first kappa shape index (κ1) is 22.4. The smallest absolute Gasteiger partial charge is 0.257 e. The van der Waals surface area contributed by atoms with Crippen molar-refractivity contribution in [1.82, 2.24) is 9.97 Å². The number of rotatable bonds is 6. The fraction of sp³-hybridized carbons (Fsp3) is 0.0741. The second kappa shape index (κ2) is 9.48. The number of methoxy groups -OCH3 is 2. The van der Waals surface area contributed by atoms with Gasteiger partial charge in [0.2, 0.25) is 0 Å². The SMILES string of the molecule is COc1cc2nccc(Oc3ccc4ccc(NC(=O)c5cncc(Cl)c5)cc4c3)c2cc1OC. The van der Waals surface area contributed by atoms with Gasteiger partial charge in [0.25, 0.3) is 5.91 Å². The molecule has 0 aliphatic carbocycles. The average molecular weight is 486 g/mol. The van der Waals surface area contributed by atoms with Gasteiger partial charge in [0.05, 0.1) is 30.3 Å². The molecule has 3 aromatic carbocycles. The molecule has 1 amide bonds. The van der Waals surface area contributed by atoms with Gasteiger partial charge in [0.1, 0.15) is 11.5 Å². The van der Waals surface area contributed by atoms with Crippen LogP contribution < -0.4 is 19.5 Å². The topological polar surface area (TPSA) is 82.6 Å². The van der Waals surface area contributed by atoms with Crippen LogP contribution in [0.1, 0.15) is 10.4 Å². The Morgan fingerprint density at radius 2 is 1.66 bits per heavy atom. The lowest BCUT2D eigenvalue weighted by Crippen LogP contribution is -2.12. The summed E-state index contributed by atoms with van der Waals surface area (Å²) in [5.74, 6) is 2.17. The van der Waals surface area contributed by atoms with E-state index in [0.29, 0.717) is 39.3 Å². The maximum atomic E-state index is 12.6. The van der Waals surface area contributed by atoms with E-state index in [-0.39, 0.29) is 5.91 Å². The molecule has 0 saturated heterocycles. The van der Waals surface area contributed by atoms with Crippen molar-refractivity contribution in [3.8, 4) is 23.0 Å². The molecule has 0 atom stereocenters. The summed E-state index contributed by atoms with van der Waals surface area (Å²) in [5, 5.41) is 5.99. The Balaban J connectivity index is 1.44. The quantitative estimate of drug-likeness (QED) is 0.295. The third-order valence-electron chi connectivity index (χ3n) is 5.47. The Bertz CT molecular complexity index is 1570. The minimum atomic E-state index is -0.292. The normalized spacial score (nSPS) is 10.8. The lowest BCUT2D eigenvalue weighted by atomic mass is 10.1. The molecule has 174 valence electrons. The minimum Gasteiger partial charge on any atom is -0.493 e. The van der Waals surface area contributed by atoms with Gasteiger partial charge in [-0.15, -0.1) is 0 Å². The van der Waals surface area contributed by atoms with Crippen LogP contribution in [0.3, 0.4) is 0 Å². The molecule has 2 aromatic heterocycles. The number of pyridine rings is 2. The zero-order chi connectivity index (χ0) is 24.4. The molecule has 0 fully saturated rings. The number of carbonyl (C=O) groups excluding carboxylic acids is 1. The number of nitrogens with zero attached hydrogens (tertiary/aromatic N) is 2. The van der Waals surface area contributed by atoms with Gasteiger partial charge in [-0.05, 0) is 53.2 Å². The number of nitrogens with one attached hydrogen (secondary N) is 1. The summed E-state index contributed by atoms with van der Waals surface area (Å²) < 4.78 is 17.0. The van der Waals surface area contributed by atoms with Gasteiger partial charge in [-0.3, -0.25) is 14.8 Å². The second-order valence-corrected chi connectivity index (χ2v) is 8.14. The number of hydrogen-bond donors (Lipinski definition) is 1. The van der Waals surface area contributed by atoms with E-state index in [1.54, 1.807) is 32.5 Å². The third kappa shape index (κ3) is 4.67. The van der Waals surface area contributed by atoms with Crippen LogP contribution in [0, 0.1) is 0 Å². The predicted molar refractivity (Wildman–Crippen MR) is 136 cm³/mol. The summed E-state index contributed by atoms with van der Waals surface area (Å²) in [4.78, 5) is 21.0. The van der Waals surface area contributed by atoms with Crippen molar-refractivity contribution < 1.29 is 19.0 Å². The zero-order valence-electron chi connectivity index (χ0n) is 18.9. The molecular weight excluding hydrogens is 466 g/mol. The molecular formula is C27H20ClN3O4. The van der Waals surface area contributed by atoms with Crippen LogP contribution in [0.4, 0.5) is 5.69 Å². The van der Waals surface area contributed by atoms with Crippen LogP contribution in [0.15, 0.2) is 79.3 Å². The van der Waals surface area contributed by atoms with E-state index in [2.05, 4.69) is 15.3 Å². The fourth-order valence-electron chi connectivity index (χ4n) is 3.77.